The van der Waals surface area contributed by atoms with Crippen LogP contribution in [-0.2, 0) is 0 Å². The second-order valence-electron chi connectivity index (χ2n) is 4.67. The van der Waals surface area contributed by atoms with Gasteiger partial charge in [0.25, 0.3) is 0 Å². The molecule has 0 bridgehead atoms. The summed E-state index contributed by atoms with van der Waals surface area (Å²) in [7, 11) is 0. The maximum absolute atomic E-state index is 5.56. The zero-order chi connectivity index (χ0) is 10.8. The Labute approximate surface area is 89.4 Å². The molecule has 2 unspecified atom stereocenters. The maximum Gasteiger partial charge on any atom is -0.00515 e. The molecule has 14 heavy (non-hydrogen) atoms. The van der Waals surface area contributed by atoms with Gasteiger partial charge in [-0.2, -0.15) is 0 Å². The molecule has 2 nitrogen and oxygen atoms in total. The fourth-order valence-electron chi connectivity index (χ4n) is 1.57. The summed E-state index contributed by atoms with van der Waals surface area (Å²) >= 11 is 0. The van der Waals surface area contributed by atoms with Crippen molar-refractivity contribution in [2.75, 3.05) is 13.1 Å². The van der Waals surface area contributed by atoms with Gasteiger partial charge in [-0.05, 0) is 37.8 Å². The van der Waals surface area contributed by atoms with Gasteiger partial charge >= 0.3 is 0 Å². The molecule has 0 amide bonds. The topological polar surface area (TPSA) is 52.0 Å². The predicted octanol–water partition coefficient (Wildman–Crippen LogP) is 2.52. The van der Waals surface area contributed by atoms with Gasteiger partial charge in [-0.15, -0.1) is 0 Å². The third-order valence-corrected chi connectivity index (χ3v) is 2.95. The Morgan fingerprint density at radius 3 is 1.36 bits per heavy atom. The highest BCUT2D eigenvalue weighted by atomic mass is 14.5. The van der Waals surface area contributed by atoms with Crippen LogP contribution in [0.4, 0.5) is 0 Å². The van der Waals surface area contributed by atoms with Crippen LogP contribution in [0, 0.1) is 11.8 Å². The summed E-state index contributed by atoms with van der Waals surface area (Å²) in [4.78, 5) is 0. The van der Waals surface area contributed by atoms with Crippen molar-refractivity contribution in [2.45, 2.75) is 52.4 Å². The zero-order valence-corrected chi connectivity index (χ0v) is 9.97. The first-order chi connectivity index (χ1) is 6.70. The van der Waals surface area contributed by atoms with E-state index in [1.807, 2.05) is 0 Å². The fourth-order valence-corrected chi connectivity index (χ4v) is 1.57. The molecule has 0 aliphatic rings. The molecule has 0 saturated heterocycles. The minimum Gasteiger partial charge on any atom is -0.330 e. The van der Waals surface area contributed by atoms with E-state index < -0.39 is 0 Å². The van der Waals surface area contributed by atoms with Crippen molar-refractivity contribution in [1.29, 1.82) is 0 Å². The molecule has 0 aliphatic heterocycles. The first kappa shape index (κ1) is 13.9. The lowest BCUT2D eigenvalue weighted by molar-refractivity contribution is 0.465. The van der Waals surface area contributed by atoms with Crippen molar-refractivity contribution >= 4 is 0 Å². The van der Waals surface area contributed by atoms with Crippen LogP contribution in [0.1, 0.15) is 52.4 Å². The summed E-state index contributed by atoms with van der Waals surface area (Å²) in [5.74, 6) is 1.41. The predicted molar refractivity (Wildman–Crippen MR) is 64.1 cm³/mol. The third-order valence-electron chi connectivity index (χ3n) is 2.95. The van der Waals surface area contributed by atoms with Crippen molar-refractivity contribution in [3.63, 3.8) is 0 Å². The van der Waals surface area contributed by atoms with Gasteiger partial charge in [0.15, 0.2) is 0 Å². The minimum atomic E-state index is 0.706. The quantitative estimate of drug-likeness (QED) is 0.562. The molecule has 2 heteroatoms. The molecule has 4 N–H and O–H groups in total. The lowest BCUT2D eigenvalue weighted by Gasteiger charge is -2.09. The summed E-state index contributed by atoms with van der Waals surface area (Å²) in [6.07, 6.45) is 8.00. The fraction of sp³-hybridized carbons (Fsp3) is 1.00. The number of nitrogens with two attached hydrogens (primary N) is 2. The van der Waals surface area contributed by atoms with Crippen LogP contribution in [0.3, 0.4) is 0 Å². The van der Waals surface area contributed by atoms with Crippen molar-refractivity contribution < 1.29 is 0 Å². The van der Waals surface area contributed by atoms with Gasteiger partial charge in [0.05, 0.1) is 0 Å². The van der Waals surface area contributed by atoms with E-state index >= 15 is 0 Å². The van der Waals surface area contributed by atoms with Crippen molar-refractivity contribution in [2.24, 2.45) is 23.3 Å². The molecule has 0 rings (SSSR count). The number of hydrogen-bond donors (Lipinski definition) is 2. The minimum absolute atomic E-state index is 0.706. The SMILES string of the molecule is CC(CN)CCCCCCC(C)CN. The summed E-state index contributed by atoms with van der Waals surface area (Å²) in [6.45, 7) is 6.14. The van der Waals surface area contributed by atoms with E-state index in [4.69, 9.17) is 11.5 Å². The van der Waals surface area contributed by atoms with Gasteiger partial charge in [-0.25, -0.2) is 0 Å². The number of unbranched alkanes of at least 4 members (excludes halogenated alkanes) is 3. The second kappa shape index (κ2) is 9.47. The van der Waals surface area contributed by atoms with Gasteiger partial charge in [0, 0.05) is 0 Å². The van der Waals surface area contributed by atoms with E-state index in [0.29, 0.717) is 11.8 Å². The van der Waals surface area contributed by atoms with Crippen LogP contribution in [0.25, 0.3) is 0 Å². The average Bonchev–Trinajstić information content (AvgIpc) is 2.22. The standard InChI is InChI=1S/C12H28N2/c1-11(9-13)7-5-3-4-6-8-12(2)10-14/h11-12H,3-10,13-14H2,1-2H3. The van der Waals surface area contributed by atoms with Crippen LogP contribution in [0.2, 0.25) is 0 Å². The molecule has 2 atom stereocenters. The molecule has 0 aromatic heterocycles. The zero-order valence-electron chi connectivity index (χ0n) is 9.97. The lowest BCUT2D eigenvalue weighted by atomic mass is 10.00. The Bertz CT molecular complexity index is 101. The van der Waals surface area contributed by atoms with Gasteiger partial charge < -0.3 is 11.5 Å². The van der Waals surface area contributed by atoms with E-state index in [0.717, 1.165) is 13.1 Å². The summed E-state index contributed by atoms with van der Waals surface area (Å²) in [5.41, 5.74) is 11.1. The molecule has 0 aromatic rings. The molecular formula is C12H28N2. The Balaban J connectivity index is 3.06. The summed E-state index contributed by atoms with van der Waals surface area (Å²) in [6, 6.07) is 0. The van der Waals surface area contributed by atoms with Gasteiger partial charge in [-0.1, -0.05) is 39.5 Å². The highest BCUT2D eigenvalue weighted by Gasteiger charge is 2.00. The van der Waals surface area contributed by atoms with Crippen LogP contribution in [0.5, 0.6) is 0 Å². The van der Waals surface area contributed by atoms with E-state index in [-0.39, 0.29) is 0 Å². The Kier molecular flexibility index (Phi) is 9.42. The van der Waals surface area contributed by atoms with Crippen LogP contribution >= 0.6 is 0 Å². The lowest BCUT2D eigenvalue weighted by Crippen LogP contribution is -2.10. The molecule has 0 aromatic carbocycles. The smallest absolute Gasteiger partial charge is 0.00515 e. The van der Waals surface area contributed by atoms with Crippen molar-refractivity contribution in [3.05, 3.63) is 0 Å². The summed E-state index contributed by atoms with van der Waals surface area (Å²) in [5, 5.41) is 0. The van der Waals surface area contributed by atoms with E-state index in [1.165, 1.54) is 38.5 Å². The van der Waals surface area contributed by atoms with Crippen molar-refractivity contribution in [3.8, 4) is 0 Å². The van der Waals surface area contributed by atoms with E-state index in [9.17, 15) is 0 Å². The summed E-state index contributed by atoms with van der Waals surface area (Å²) < 4.78 is 0. The Morgan fingerprint density at radius 2 is 1.07 bits per heavy atom. The largest absolute Gasteiger partial charge is 0.330 e. The van der Waals surface area contributed by atoms with Crippen LogP contribution in [0.15, 0.2) is 0 Å². The second-order valence-corrected chi connectivity index (χ2v) is 4.67. The maximum atomic E-state index is 5.56. The molecule has 86 valence electrons. The van der Waals surface area contributed by atoms with Gasteiger partial charge in [0.1, 0.15) is 0 Å². The highest BCUT2D eigenvalue weighted by Crippen LogP contribution is 2.12. The monoisotopic (exact) mass is 200 g/mol. The van der Waals surface area contributed by atoms with Crippen LogP contribution in [-0.4, -0.2) is 13.1 Å². The molecule has 0 spiro atoms. The average molecular weight is 200 g/mol. The normalized spacial score (nSPS) is 15.4. The van der Waals surface area contributed by atoms with Gasteiger partial charge in [-0.3, -0.25) is 0 Å². The first-order valence-electron chi connectivity index (χ1n) is 6.10. The van der Waals surface area contributed by atoms with E-state index in [1.54, 1.807) is 0 Å². The van der Waals surface area contributed by atoms with Crippen LogP contribution < -0.4 is 11.5 Å². The highest BCUT2D eigenvalue weighted by molar-refractivity contribution is 4.56. The third kappa shape index (κ3) is 8.52. The molecule has 0 radical (unpaired) electrons. The van der Waals surface area contributed by atoms with Gasteiger partial charge in [0.2, 0.25) is 0 Å². The Morgan fingerprint density at radius 1 is 0.714 bits per heavy atom. The number of rotatable bonds is 9. The molecule has 0 saturated carbocycles. The molecule has 0 fully saturated rings. The first-order valence-corrected chi connectivity index (χ1v) is 6.10. The molecule has 0 aliphatic carbocycles. The van der Waals surface area contributed by atoms with Crippen molar-refractivity contribution in [1.82, 2.24) is 0 Å². The molecule has 0 heterocycles. The Hall–Kier alpha value is -0.0800. The number of hydrogen-bond acceptors (Lipinski definition) is 2. The molecular weight excluding hydrogens is 172 g/mol. The van der Waals surface area contributed by atoms with E-state index in [2.05, 4.69) is 13.8 Å².